The molecule has 0 spiro atoms. The molecule has 0 amide bonds. The van der Waals surface area contributed by atoms with Crippen molar-refractivity contribution in [1.29, 1.82) is 10.5 Å². The van der Waals surface area contributed by atoms with Crippen LogP contribution in [0.25, 0.3) is 111 Å². The summed E-state index contributed by atoms with van der Waals surface area (Å²) < 4.78 is 352. The normalized spacial score (nSPS) is 13.1. The molecular weight excluding hydrogens is 1350 g/mol. The van der Waals surface area contributed by atoms with Crippen LogP contribution in [0.5, 0.6) is 0 Å². The van der Waals surface area contributed by atoms with E-state index in [1.165, 1.54) is 36.4 Å². The Bertz CT molecular complexity index is 4800. The highest BCUT2D eigenvalue weighted by molar-refractivity contribution is 6.13. The summed E-state index contributed by atoms with van der Waals surface area (Å²) in [4.78, 5) is 0. The number of nitriles is 2. The van der Waals surface area contributed by atoms with Gasteiger partial charge in [-0.15, -0.1) is 0 Å². The van der Waals surface area contributed by atoms with Crippen LogP contribution >= 0.6 is 0 Å². The van der Waals surface area contributed by atoms with Crippen molar-refractivity contribution in [1.82, 2.24) is 9.13 Å². The maximum absolute atomic E-state index is 15.0. The minimum Gasteiger partial charge on any atom is -0.308 e. The molecule has 2 aromatic heterocycles. The van der Waals surface area contributed by atoms with E-state index >= 15 is 52.7 Å². The SMILES string of the molecule is N#Cc1cccc(-c2cc(-n3c4cc(-c5ccc(C(F)(F)F)cc5C(F)(F)F)ccc4c4ccc(-c5ccc(C(F)(F)F)cc5C(F)(F)F)cc43)c(C#N)c(-n3c4cc(-c5ccc(C(F)(F)F)cc5C(F)(F)F)ccc4c4ccc(-c5ccc(C(F)(F)F)cc5C(F)(F)F)cc43)c2)c1. The molecule has 0 bridgehead atoms. The van der Waals surface area contributed by atoms with Gasteiger partial charge < -0.3 is 9.13 Å². The number of fused-ring (bicyclic) bond motifs is 6. The summed E-state index contributed by atoms with van der Waals surface area (Å²) in [5, 5.41) is 21.7. The van der Waals surface area contributed by atoms with Gasteiger partial charge in [-0.1, -0.05) is 84.9 Å². The molecule has 28 heteroatoms. The standard InChI is InChI=1S/C70H30F24N4/c71-63(72,73)40-8-16-44(53(27-40)67(83,84)85)35-4-12-48-49-13-5-36(45-17-9-41(64(74,75)76)28-54(45)68(86,87)88)22-58(49)97(57(48)21-35)61-25-39(34-3-1-2-33(20-34)31-95)26-62(52(61)32-96)98-59-23-37(46-18-10-42(65(77,78)79)29-55(46)69(89,90)91)6-14-50(59)51-15-7-38(24-60(51)98)47-19-11-43(66(80,81)82)30-56(47)70(92,93)94/h1-30H. The van der Waals surface area contributed by atoms with Gasteiger partial charge in [0.1, 0.15) is 11.6 Å². The lowest BCUT2D eigenvalue weighted by Gasteiger charge is -2.20. The molecule has 0 atom stereocenters. The smallest absolute Gasteiger partial charge is 0.308 e. The average molecular weight is 1380 g/mol. The molecule has 0 aliphatic carbocycles. The Morgan fingerprint density at radius 3 is 0.755 bits per heavy atom. The Balaban J connectivity index is 1.26. The molecule has 2 heterocycles. The third kappa shape index (κ3) is 12.1. The van der Waals surface area contributed by atoms with Crippen LogP contribution in [0.1, 0.15) is 55.6 Å². The van der Waals surface area contributed by atoms with Crippen molar-refractivity contribution in [2.24, 2.45) is 0 Å². The number of aromatic nitrogens is 2. The van der Waals surface area contributed by atoms with E-state index in [1.807, 2.05) is 12.1 Å². The Morgan fingerprint density at radius 2 is 0.520 bits per heavy atom. The van der Waals surface area contributed by atoms with Gasteiger partial charge in [0, 0.05) is 21.5 Å². The number of nitrogens with zero attached hydrogens (tertiary/aromatic N) is 4. The van der Waals surface area contributed by atoms with E-state index in [4.69, 9.17) is 0 Å². The van der Waals surface area contributed by atoms with Crippen LogP contribution in [0.15, 0.2) is 182 Å². The first-order chi connectivity index (χ1) is 45.5. The molecule has 12 aromatic rings. The van der Waals surface area contributed by atoms with Gasteiger partial charge in [-0.2, -0.15) is 116 Å². The Morgan fingerprint density at radius 1 is 0.245 bits per heavy atom. The molecule has 0 fully saturated rings. The largest absolute Gasteiger partial charge is 0.417 e. The number of rotatable bonds is 7. The highest BCUT2D eigenvalue weighted by atomic mass is 19.4. The van der Waals surface area contributed by atoms with Crippen LogP contribution in [0.3, 0.4) is 0 Å². The van der Waals surface area contributed by atoms with E-state index in [0.717, 1.165) is 81.9 Å². The molecule has 4 nitrogen and oxygen atoms in total. The minimum atomic E-state index is -5.54. The molecule has 0 N–H and O–H groups in total. The number of hydrogen-bond donors (Lipinski definition) is 0. The zero-order valence-corrected chi connectivity index (χ0v) is 48.2. The maximum Gasteiger partial charge on any atom is 0.417 e. The van der Waals surface area contributed by atoms with Crippen LogP contribution < -0.4 is 0 Å². The lowest BCUT2D eigenvalue weighted by molar-refractivity contribution is -0.144. The lowest BCUT2D eigenvalue weighted by Crippen LogP contribution is -2.12. The number of hydrogen-bond acceptors (Lipinski definition) is 2. The van der Waals surface area contributed by atoms with Gasteiger partial charge in [-0.3, -0.25) is 0 Å². The van der Waals surface area contributed by atoms with Crippen molar-refractivity contribution in [3.05, 3.63) is 238 Å². The maximum atomic E-state index is 15.0. The predicted octanol–water partition coefficient (Wildman–Crippen LogP) is 24.1. The molecule has 98 heavy (non-hydrogen) atoms. The van der Waals surface area contributed by atoms with Crippen molar-refractivity contribution in [2.75, 3.05) is 0 Å². The molecule has 0 aliphatic rings. The van der Waals surface area contributed by atoms with Gasteiger partial charge in [0.05, 0.1) is 89.6 Å². The Labute approximate surface area is 533 Å². The molecule has 0 aliphatic heterocycles. The van der Waals surface area contributed by atoms with Gasteiger partial charge in [0.15, 0.2) is 0 Å². The summed E-state index contributed by atoms with van der Waals surface area (Å²) in [5.41, 5.74) is -23.4. The summed E-state index contributed by atoms with van der Waals surface area (Å²) in [6, 6.07) is 26.5. The summed E-state index contributed by atoms with van der Waals surface area (Å²) in [6.07, 6.45) is -43.5. The zero-order chi connectivity index (χ0) is 71.1. The van der Waals surface area contributed by atoms with E-state index in [0.29, 0.717) is 48.5 Å². The van der Waals surface area contributed by atoms with Gasteiger partial charge in [-0.05, 0) is 153 Å². The minimum absolute atomic E-state index is 0.0126. The summed E-state index contributed by atoms with van der Waals surface area (Å²) in [5.74, 6) is 0. The molecule has 0 radical (unpaired) electrons. The molecule has 0 unspecified atom stereocenters. The third-order valence-electron chi connectivity index (χ3n) is 16.4. The Hall–Kier alpha value is -10.9. The predicted molar refractivity (Wildman–Crippen MR) is 312 cm³/mol. The Kier molecular flexibility index (Phi) is 15.7. The van der Waals surface area contributed by atoms with Crippen LogP contribution in [0, 0.1) is 22.7 Å². The number of benzene rings is 10. The van der Waals surface area contributed by atoms with Crippen LogP contribution in [0.4, 0.5) is 105 Å². The molecule has 498 valence electrons. The quantitative estimate of drug-likeness (QED) is 0.149. The van der Waals surface area contributed by atoms with Crippen molar-refractivity contribution in [2.45, 2.75) is 49.4 Å². The fourth-order valence-corrected chi connectivity index (χ4v) is 12.1. The zero-order valence-electron chi connectivity index (χ0n) is 48.2. The first-order valence-electron chi connectivity index (χ1n) is 28.0. The van der Waals surface area contributed by atoms with Gasteiger partial charge in [-0.25, -0.2) is 0 Å². The van der Waals surface area contributed by atoms with Crippen LogP contribution in [-0.4, -0.2) is 9.13 Å². The van der Waals surface area contributed by atoms with E-state index < -0.39 is 155 Å². The summed E-state index contributed by atoms with van der Waals surface area (Å²) in [7, 11) is 0. The van der Waals surface area contributed by atoms with Crippen LogP contribution in [0.2, 0.25) is 0 Å². The van der Waals surface area contributed by atoms with E-state index in [2.05, 4.69) is 0 Å². The van der Waals surface area contributed by atoms with E-state index in [-0.39, 0.29) is 84.6 Å². The third-order valence-corrected chi connectivity index (χ3v) is 16.4. The molecule has 12 rings (SSSR count). The highest BCUT2D eigenvalue weighted by Gasteiger charge is 2.43. The van der Waals surface area contributed by atoms with Gasteiger partial charge >= 0.3 is 49.4 Å². The fourth-order valence-electron chi connectivity index (χ4n) is 12.1. The lowest BCUT2D eigenvalue weighted by atomic mass is 9.95. The van der Waals surface area contributed by atoms with Crippen molar-refractivity contribution < 1.29 is 105 Å². The monoisotopic (exact) mass is 1380 g/mol. The molecule has 0 saturated carbocycles. The second-order valence-electron chi connectivity index (χ2n) is 22.3. The van der Waals surface area contributed by atoms with Crippen LogP contribution in [-0.2, 0) is 49.4 Å². The van der Waals surface area contributed by atoms with Crippen molar-refractivity contribution in [3.63, 3.8) is 0 Å². The van der Waals surface area contributed by atoms with Gasteiger partial charge in [0.2, 0.25) is 0 Å². The summed E-state index contributed by atoms with van der Waals surface area (Å²) >= 11 is 0. The molecule has 0 saturated heterocycles. The van der Waals surface area contributed by atoms with Crippen molar-refractivity contribution >= 4 is 43.6 Å². The second-order valence-corrected chi connectivity index (χ2v) is 22.3. The van der Waals surface area contributed by atoms with Crippen molar-refractivity contribution in [3.8, 4) is 79.1 Å². The average Bonchev–Trinajstić information content (AvgIpc) is 1.55. The first-order valence-corrected chi connectivity index (χ1v) is 28.0. The van der Waals surface area contributed by atoms with E-state index in [1.54, 1.807) is 0 Å². The molecular formula is C70H30F24N4. The number of halogens is 24. The number of alkyl halides is 24. The fraction of sp³-hybridized carbons (Fsp3) is 0.114. The van der Waals surface area contributed by atoms with Gasteiger partial charge in [0.25, 0.3) is 0 Å². The summed E-state index contributed by atoms with van der Waals surface area (Å²) in [6.45, 7) is 0. The molecule has 10 aromatic carbocycles. The van der Waals surface area contributed by atoms with E-state index in [9.17, 15) is 63.2 Å². The highest BCUT2D eigenvalue weighted by Crippen LogP contribution is 2.50. The first kappa shape index (κ1) is 67.1. The topological polar surface area (TPSA) is 57.4 Å². The second kappa shape index (κ2) is 22.9.